The third-order valence-corrected chi connectivity index (χ3v) is 4.97. The van der Waals surface area contributed by atoms with Gasteiger partial charge < -0.3 is 0 Å². The Bertz CT molecular complexity index is 659. The Morgan fingerprint density at radius 3 is 2.83 bits per heavy atom. The highest BCUT2D eigenvalue weighted by molar-refractivity contribution is 7.06. The van der Waals surface area contributed by atoms with Gasteiger partial charge in [-0.2, -0.15) is 0 Å². The van der Waals surface area contributed by atoms with Gasteiger partial charge in [0, 0.05) is 20.5 Å². The van der Waals surface area contributed by atoms with Crippen LogP contribution in [0, 0.1) is 0 Å². The number of benzene rings is 1. The normalized spacial score (nSPS) is 13.9. The average Bonchev–Trinajstić information content (AvgIpc) is 2.88. The van der Waals surface area contributed by atoms with E-state index < -0.39 is 0 Å². The first-order valence-corrected chi connectivity index (χ1v) is 7.34. The second-order valence-electron chi connectivity index (χ2n) is 4.42. The van der Waals surface area contributed by atoms with Crippen molar-refractivity contribution in [3.05, 3.63) is 54.6 Å². The van der Waals surface area contributed by atoms with Crippen molar-refractivity contribution in [1.82, 2.24) is 3.96 Å². The summed E-state index contributed by atoms with van der Waals surface area (Å²) in [5.74, 6) is 0. The summed E-state index contributed by atoms with van der Waals surface area (Å²) in [5.41, 5.74) is 2.09. The fourth-order valence-electron chi connectivity index (χ4n) is 2.28. The minimum atomic E-state index is 0.151. The maximum absolute atomic E-state index is 12.1. The summed E-state index contributed by atoms with van der Waals surface area (Å²) in [7, 11) is 0. The van der Waals surface area contributed by atoms with E-state index in [2.05, 4.69) is 0 Å². The van der Waals surface area contributed by atoms with Crippen molar-refractivity contribution in [3.8, 4) is 0 Å². The van der Waals surface area contributed by atoms with Crippen LogP contribution in [-0.2, 0) is 19.4 Å². The lowest BCUT2D eigenvalue weighted by Crippen LogP contribution is -2.16. The van der Waals surface area contributed by atoms with Crippen LogP contribution in [0.15, 0.2) is 23.0 Å². The molecule has 18 heavy (non-hydrogen) atoms. The molecule has 0 fully saturated rings. The highest BCUT2D eigenvalue weighted by Crippen LogP contribution is 2.26. The zero-order chi connectivity index (χ0) is 12.7. The Balaban J connectivity index is 1.95. The van der Waals surface area contributed by atoms with Gasteiger partial charge in [-0.3, -0.25) is 8.75 Å². The van der Waals surface area contributed by atoms with Crippen LogP contribution in [0.4, 0.5) is 0 Å². The molecule has 0 unspecified atom stereocenters. The summed E-state index contributed by atoms with van der Waals surface area (Å²) >= 11 is 13.6. The number of rotatable bonds is 2. The molecule has 2 aromatic rings. The Morgan fingerprint density at radius 1 is 1.28 bits per heavy atom. The van der Waals surface area contributed by atoms with Crippen molar-refractivity contribution >= 4 is 34.7 Å². The second kappa shape index (κ2) is 4.72. The number of nitrogens with zero attached hydrogens (tertiary/aromatic N) is 1. The van der Waals surface area contributed by atoms with Crippen LogP contribution in [0.2, 0.25) is 10.0 Å². The van der Waals surface area contributed by atoms with Crippen molar-refractivity contribution in [2.45, 2.75) is 25.8 Å². The fraction of sp³-hybridized carbons (Fsp3) is 0.308. The zero-order valence-corrected chi connectivity index (χ0v) is 11.9. The minimum Gasteiger partial charge on any atom is -0.268 e. The summed E-state index contributed by atoms with van der Waals surface area (Å²) in [6.45, 7) is 0.534. The first-order valence-electron chi connectivity index (χ1n) is 5.81. The van der Waals surface area contributed by atoms with Crippen LogP contribution in [0.3, 0.4) is 0 Å². The minimum absolute atomic E-state index is 0.151. The number of hydrogen-bond donors (Lipinski definition) is 0. The van der Waals surface area contributed by atoms with Gasteiger partial charge in [0.1, 0.15) is 0 Å². The van der Waals surface area contributed by atoms with Gasteiger partial charge in [0.2, 0.25) is 0 Å². The van der Waals surface area contributed by atoms with E-state index in [9.17, 15) is 4.79 Å². The van der Waals surface area contributed by atoms with Gasteiger partial charge in [-0.15, -0.1) is 0 Å². The maximum atomic E-state index is 12.1. The lowest BCUT2D eigenvalue weighted by molar-refractivity contribution is 0.822. The average molecular weight is 300 g/mol. The van der Waals surface area contributed by atoms with E-state index in [-0.39, 0.29) is 5.56 Å². The van der Waals surface area contributed by atoms with E-state index in [1.54, 1.807) is 27.6 Å². The molecule has 1 aliphatic carbocycles. The monoisotopic (exact) mass is 299 g/mol. The van der Waals surface area contributed by atoms with Crippen molar-refractivity contribution in [2.75, 3.05) is 0 Å². The van der Waals surface area contributed by atoms with Crippen LogP contribution in [0.1, 0.15) is 22.4 Å². The van der Waals surface area contributed by atoms with Gasteiger partial charge in [-0.25, -0.2) is 0 Å². The molecule has 0 atom stereocenters. The van der Waals surface area contributed by atoms with Crippen molar-refractivity contribution < 1.29 is 0 Å². The second-order valence-corrected chi connectivity index (χ2v) is 6.38. The lowest BCUT2D eigenvalue weighted by atomic mass is 10.2. The molecule has 2 nitrogen and oxygen atoms in total. The Kier molecular flexibility index (Phi) is 3.22. The summed E-state index contributed by atoms with van der Waals surface area (Å²) in [4.78, 5) is 13.4. The topological polar surface area (TPSA) is 22.0 Å². The van der Waals surface area contributed by atoms with Gasteiger partial charge in [0.25, 0.3) is 5.56 Å². The molecule has 1 heterocycles. The molecule has 0 saturated carbocycles. The molecule has 0 saturated heterocycles. The van der Waals surface area contributed by atoms with E-state index in [1.807, 2.05) is 6.07 Å². The highest BCUT2D eigenvalue weighted by atomic mass is 35.5. The van der Waals surface area contributed by atoms with E-state index in [4.69, 9.17) is 23.2 Å². The first-order chi connectivity index (χ1) is 8.65. The number of hydrogen-bond acceptors (Lipinski definition) is 2. The zero-order valence-electron chi connectivity index (χ0n) is 9.58. The van der Waals surface area contributed by atoms with Gasteiger partial charge in [-0.1, -0.05) is 40.8 Å². The molecule has 0 bridgehead atoms. The van der Waals surface area contributed by atoms with E-state index in [0.29, 0.717) is 16.6 Å². The molecule has 0 spiro atoms. The first kappa shape index (κ1) is 12.3. The van der Waals surface area contributed by atoms with Gasteiger partial charge >= 0.3 is 0 Å². The highest BCUT2D eigenvalue weighted by Gasteiger charge is 2.20. The van der Waals surface area contributed by atoms with Crippen molar-refractivity contribution in [2.24, 2.45) is 0 Å². The van der Waals surface area contributed by atoms with E-state index in [1.165, 1.54) is 4.88 Å². The summed E-state index contributed by atoms with van der Waals surface area (Å²) in [6.07, 6.45) is 3.07. The molecule has 1 aromatic heterocycles. The maximum Gasteiger partial charge on any atom is 0.264 e. The quantitative estimate of drug-likeness (QED) is 0.828. The molecular weight excluding hydrogens is 289 g/mol. The van der Waals surface area contributed by atoms with Crippen molar-refractivity contribution in [3.63, 3.8) is 0 Å². The predicted octanol–water partition coefficient (Wildman–Crippen LogP) is 3.75. The van der Waals surface area contributed by atoms with E-state index >= 15 is 0 Å². The molecular formula is C13H11Cl2NOS. The number of aromatic nitrogens is 1. The number of fused-ring (bicyclic) bond motifs is 1. The SMILES string of the molecule is O=c1c2c(sn1Cc1ccc(Cl)cc1Cl)CCC2. The van der Waals surface area contributed by atoms with Crippen LogP contribution >= 0.6 is 34.7 Å². The molecule has 94 valence electrons. The molecule has 3 rings (SSSR count). The third-order valence-electron chi connectivity index (χ3n) is 3.20. The summed E-state index contributed by atoms with van der Waals surface area (Å²) in [5, 5.41) is 1.23. The van der Waals surface area contributed by atoms with Crippen LogP contribution < -0.4 is 5.56 Å². The lowest BCUT2D eigenvalue weighted by Gasteiger charge is -2.04. The Morgan fingerprint density at radius 2 is 2.11 bits per heavy atom. The van der Waals surface area contributed by atoms with E-state index in [0.717, 1.165) is 30.4 Å². The predicted molar refractivity (Wildman–Crippen MR) is 76.2 cm³/mol. The standard InChI is InChI=1S/C13H11Cl2NOS/c14-9-5-4-8(11(15)6-9)7-16-13(17)10-2-1-3-12(10)18-16/h4-6H,1-3,7H2. The Hall–Kier alpha value is -0.770. The third kappa shape index (κ3) is 2.11. The Labute approximate surface area is 119 Å². The molecule has 0 N–H and O–H groups in total. The summed E-state index contributed by atoms with van der Waals surface area (Å²) < 4.78 is 1.79. The smallest absolute Gasteiger partial charge is 0.264 e. The molecule has 0 radical (unpaired) electrons. The largest absolute Gasteiger partial charge is 0.268 e. The van der Waals surface area contributed by atoms with Gasteiger partial charge in [0.05, 0.1) is 6.54 Å². The molecule has 5 heteroatoms. The van der Waals surface area contributed by atoms with Crippen molar-refractivity contribution in [1.29, 1.82) is 0 Å². The number of halogens is 2. The van der Waals surface area contributed by atoms with Crippen LogP contribution in [0.25, 0.3) is 0 Å². The fourth-order valence-corrected chi connectivity index (χ4v) is 3.94. The molecule has 0 amide bonds. The number of aryl methyl sites for hydroxylation is 1. The molecule has 1 aliphatic rings. The molecule has 0 aliphatic heterocycles. The summed E-state index contributed by atoms with van der Waals surface area (Å²) in [6, 6.07) is 5.39. The van der Waals surface area contributed by atoms with Gasteiger partial charge in [0.15, 0.2) is 0 Å². The van der Waals surface area contributed by atoms with Crippen LogP contribution in [-0.4, -0.2) is 3.96 Å². The van der Waals surface area contributed by atoms with Gasteiger partial charge in [-0.05, 0) is 37.0 Å². The molecule has 1 aromatic carbocycles. The van der Waals surface area contributed by atoms with Crippen LogP contribution in [0.5, 0.6) is 0 Å².